The third-order valence-electron chi connectivity index (χ3n) is 3.10. The van der Waals surface area contributed by atoms with Crippen LogP contribution in [-0.4, -0.2) is 12.2 Å². The minimum atomic E-state index is -4.06. The van der Waals surface area contributed by atoms with Gasteiger partial charge in [0.25, 0.3) is 0 Å². The molecule has 5 heteroatoms. The number of rotatable bonds is 5. The molecule has 0 aromatic rings. The molecule has 1 rings (SSSR count). The summed E-state index contributed by atoms with van der Waals surface area (Å²) in [5, 5.41) is 0. The average Bonchev–Trinajstić information content (AvgIpc) is 2.63. The Labute approximate surface area is 88.4 Å². The van der Waals surface area contributed by atoms with Crippen LogP contribution in [0.25, 0.3) is 0 Å². The van der Waals surface area contributed by atoms with E-state index >= 15 is 0 Å². The molecule has 1 aliphatic rings. The smallest absolute Gasteiger partial charge is 0.271 e. The van der Waals surface area contributed by atoms with Gasteiger partial charge in [0.1, 0.15) is 0 Å². The van der Waals surface area contributed by atoms with Crippen molar-refractivity contribution >= 4 is 0 Å². The summed E-state index contributed by atoms with van der Waals surface area (Å²) in [6, 6.07) is -0.185. The molecule has 0 aromatic carbocycles. The molecule has 2 nitrogen and oxygen atoms in total. The zero-order valence-electron chi connectivity index (χ0n) is 8.82. The number of nitrogens with two attached hydrogens (primary N) is 1. The first kappa shape index (κ1) is 12.8. The summed E-state index contributed by atoms with van der Waals surface area (Å²) in [4.78, 5) is 0. The van der Waals surface area contributed by atoms with Crippen molar-refractivity contribution in [2.75, 3.05) is 0 Å². The van der Waals surface area contributed by atoms with Crippen molar-refractivity contribution in [3.05, 3.63) is 0 Å². The third kappa shape index (κ3) is 5.37. The van der Waals surface area contributed by atoms with Crippen molar-refractivity contribution in [2.45, 2.75) is 57.2 Å². The van der Waals surface area contributed by atoms with Crippen LogP contribution in [0.3, 0.4) is 0 Å². The molecule has 1 aliphatic carbocycles. The van der Waals surface area contributed by atoms with Gasteiger partial charge in [-0.15, -0.1) is 0 Å². The standard InChI is InChI=1S/C10H19F3N2/c11-10(12,13)6-5-9(15-14)7-8-3-1-2-4-8/h8-9,15H,1-7,14H2. The minimum absolute atomic E-state index is 0.0938. The highest BCUT2D eigenvalue weighted by Crippen LogP contribution is 2.30. The van der Waals surface area contributed by atoms with Crippen molar-refractivity contribution < 1.29 is 13.2 Å². The zero-order chi connectivity index (χ0) is 11.3. The van der Waals surface area contributed by atoms with Gasteiger partial charge in [0, 0.05) is 12.5 Å². The van der Waals surface area contributed by atoms with E-state index < -0.39 is 12.6 Å². The second-order valence-corrected chi connectivity index (χ2v) is 4.40. The van der Waals surface area contributed by atoms with Crippen molar-refractivity contribution in [3.8, 4) is 0 Å². The predicted octanol–water partition coefficient (Wildman–Crippen LogP) is 2.74. The lowest BCUT2D eigenvalue weighted by molar-refractivity contribution is -0.136. The van der Waals surface area contributed by atoms with E-state index in [-0.39, 0.29) is 12.5 Å². The SMILES string of the molecule is NNC(CCC(F)(F)F)CC1CCCC1. The van der Waals surface area contributed by atoms with E-state index in [4.69, 9.17) is 5.84 Å². The second-order valence-electron chi connectivity index (χ2n) is 4.40. The fraction of sp³-hybridized carbons (Fsp3) is 1.00. The van der Waals surface area contributed by atoms with Gasteiger partial charge in [0.2, 0.25) is 0 Å². The molecule has 0 heterocycles. The first-order valence-corrected chi connectivity index (χ1v) is 5.54. The minimum Gasteiger partial charge on any atom is -0.271 e. The van der Waals surface area contributed by atoms with E-state index in [1.54, 1.807) is 0 Å². The summed E-state index contributed by atoms with van der Waals surface area (Å²) in [5.41, 5.74) is 2.50. The van der Waals surface area contributed by atoms with Gasteiger partial charge in [-0.25, -0.2) is 0 Å². The number of hydrogen-bond acceptors (Lipinski definition) is 2. The van der Waals surface area contributed by atoms with Gasteiger partial charge >= 0.3 is 6.18 Å². The van der Waals surface area contributed by atoms with Crippen molar-refractivity contribution in [2.24, 2.45) is 11.8 Å². The third-order valence-corrected chi connectivity index (χ3v) is 3.10. The van der Waals surface area contributed by atoms with Crippen molar-refractivity contribution in [3.63, 3.8) is 0 Å². The van der Waals surface area contributed by atoms with Crippen LogP contribution in [0.1, 0.15) is 44.9 Å². The van der Waals surface area contributed by atoms with Crippen LogP contribution in [0, 0.1) is 5.92 Å². The van der Waals surface area contributed by atoms with E-state index in [0.717, 1.165) is 19.3 Å². The molecule has 1 atom stereocenters. The fourth-order valence-electron chi connectivity index (χ4n) is 2.26. The summed E-state index contributed by atoms with van der Waals surface area (Å²) in [7, 11) is 0. The topological polar surface area (TPSA) is 38.0 Å². The van der Waals surface area contributed by atoms with Gasteiger partial charge in [-0.3, -0.25) is 11.3 Å². The van der Waals surface area contributed by atoms with E-state index in [0.29, 0.717) is 5.92 Å². The van der Waals surface area contributed by atoms with Crippen molar-refractivity contribution in [1.82, 2.24) is 5.43 Å². The zero-order valence-corrected chi connectivity index (χ0v) is 8.82. The summed E-state index contributed by atoms with van der Waals surface area (Å²) >= 11 is 0. The fourth-order valence-corrected chi connectivity index (χ4v) is 2.26. The summed E-state index contributed by atoms with van der Waals surface area (Å²) < 4.78 is 36.0. The normalized spacial score (nSPS) is 20.8. The summed E-state index contributed by atoms with van der Waals surface area (Å²) in [6.45, 7) is 0. The second kappa shape index (κ2) is 5.70. The molecule has 0 bridgehead atoms. The Balaban J connectivity index is 2.22. The number of hydrazine groups is 1. The molecule has 1 saturated carbocycles. The Morgan fingerprint density at radius 1 is 1.27 bits per heavy atom. The molecule has 0 spiro atoms. The van der Waals surface area contributed by atoms with E-state index in [1.165, 1.54) is 12.8 Å². The van der Waals surface area contributed by atoms with E-state index in [1.807, 2.05) is 0 Å². The van der Waals surface area contributed by atoms with Crippen LogP contribution in [0.5, 0.6) is 0 Å². The first-order chi connectivity index (χ1) is 7.01. The maximum absolute atomic E-state index is 12.0. The van der Waals surface area contributed by atoms with E-state index in [2.05, 4.69) is 5.43 Å². The Hall–Kier alpha value is -0.290. The first-order valence-electron chi connectivity index (χ1n) is 5.54. The maximum Gasteiger partial charge on any atom is 0.389 e. The van der Waals surface area contributed by atoms with Crippen LogP contribution >= 0.6 is 0 Å². The molecule has 0 saturated heterocycles. The molecule has 1 fully saturated rings. The lowest BCUT2D eigenvalue weighted by Crippen LogP contribution is -2.37. The lowest BCUT2D eigenvalue weighted by Gasteiger charge is -2.20. The van der Waals surface area contributed by atoms with Crippen LogP contribution in [0.4, 0.5) is 13.2 Å². The Bertz CT molecular complexity index is 176. The maximum atomic E-state index is 12.0. The Kier molecular flexibility index (Phi) is 4.86. The predicted molar refractivity (Wildman–Crippen MR) is 53.0 cm³/mol. The van der Waals surface area contributed by atoms with Gasteiger partial charge in [-0.05, 0) is 18.8 Å². The summed E-state index contributed by atoms with van der Waals surface area (Å²) in [5.74, 6) is 5.83. The average molecular weight is 224 g/mol. The van der Waals surface area contributed by atoms with Crippen molar-refractivity contribution in [1.29, 1.82) is 0 Å². The highest BCUT2D eigenvalue weighted by atomic mass is 19.4. The molecule has 90 valence electrons. The monoisotopic (exact) mass is 224 g/mol. The van der Waals surface area contributed by atoms with Gasteiger partial charge in [0.05, 0.1) is 0 Å². The number of halogens is 3. The molecule has 15 heavy (non-hydrogen) atoms. The van der Waals surface area contributed by atoms with Gasteiger partial charge < -0.3 is 0 Å². The molecule has 0 aliphatic heterocycles. The molecular formula is C10H19F3N2. The van der Waals surface area contributed by atoms with Gasteiger partial charge in [0.15, 0.2) is 0 Å². The van der Waals surface area contributed by atoms with Gasteiger partial charge in [-0.1, -0.05) is 25.7 Å². The molecule has 0 amide bonds. The van der Waals surface area contributed by atoms with Crippen LogP contribution in [0.15, 0.2) is 0 Å². The number of alkyl halides is 3. The lowest BCUT2D eigenvalue weighted by atomic mass is 9.96. The van der Waals surface area contributed by atoms with E-state index in [9.17, 15) is 13.2 Å². The van der Waals surface area contributed by atoms with Crippen LogP contribution < -0.4 is 11.3 Å². The molecule has 0 aromatic heterocycles. The Morgan fingerprint density at radius 2 is 1.87 bits per heavy atom. The molecule has 0 radical (unpaired) electrons. The molecule has 1 unspecified atom stereocenters. The number of hydrogen-bond donors (Lipinski definition) is 2. The number of nitrogens with one attached hydrogen (secondary N) is 1. The summed E-state index contributed by atoms with van der Waals surface area (Å²) in [6.07, 6.45) is 0.777. The molecular weight excluding hydrogens is 205 g/mol. The van der Waals surface area contributed by atoms with Crippen LogP contribution in [0.2, 0.25) is 0 Å². The highest BCUT2D eigenvalue weighted by molar-refractivity contribution is 4.75. The van der Waals surface area contributed by atoms with Crippen LogP contribution in [-0.2, 0) is 0 Å². The largest absolute Gasteiger partial charge is 0.389 e. The molecule has 3 N–H and O–H groups in total. The highest BCUT2D eigenvalue weighted by Gasteiger charge is 2.29. The quantitative estimate of drug-likeness (QED) is 0.556. The Morgan fingerprint density at radius 3 is 2.33 bits per heavy atom. The van der Waals surface area contributed by atoms with Gasteiger partial charge in [-0.2, -0.15) is 13.2 Å².